The highest BCUT2D eigenvalue weighted by Gasteiger charge is 2.34. The Morgan fingerprint density at radius 3 is 2.45 bits per heavy atom. The van der Waals surface area contributed by atoms with Crippen LogP contribution < -0.4 is 0 Å². The van der Waals surface area contributed by atoms with Crippen molar-refractivity contribution < 1.29 is 14.6 Å². The molecule has 7 heteroatoms. The molecule has 29 heavy (non-hydrogen) atoms. The average Bonchev–Trinajstić information content (AvgIpc) is 3.13. The van der Waals surface area contributed by atoms with E-state index >= 15 is 0 Å². The third-order valence-corrected chi connectivity index (χ3v) is 6.08. The minimum Gasteiger partial charge on any atom is -0.388 e. The third kappa shape index (κ3) is 4.86. The highest BCUT2D eigenvalue weighted by Crippen LogP contribution is 2.26. The summed E-state index contributed by atoms with van der Waals surface area (Å²) in [6.07, 6.45) is 4.79. The molecule has 2 aliphatic heterocycles. The van der Waals surface area contributed by atoms with Crippen molar-refractivity contribution in [2.45, 2.75) is 38.5 Å². The Bertz CT molecular complexity index is 819. The molecule has 0 aliphatic carbocycles. The lowest BCUT2D eigenvalue weighted by molar-refractivity contribution is -0.0295. The molecule has 0 bridgehead atoms. The summed E-state index contributed by atoms with van der Waals surface area (Å²) in [5, 5.41) is 10.9. The lowest BCUT2D eigenvalue weighted by atomic mass is 9.91. The van der Waals surface area contributed by atoms with Gasteiger partial charge in [-0.05, 0) is 37.5 Å². The molecular formula is C22H30N4O3. The molecule has 1 amide bonds. The Morgan fingerprint density at radius 2 is 1.83 bits per heavy atom. The second kappa shape index (κ2) is 8.65. The van der Waals surface area contributed by atoms with Gasteiger partial charge < -0.3 is 19.3 Å². The number of aryl methyl sites for hydroxylation is 1. The molecule has 156 valence electrons. The quantitative estimate of drug-likeness (QED) is 0.830. The van der Waals surface area contributed by atoms with E-state index in [0.29, 0.717) is 38.0 Å². The molecule has 0 radical (unpaired) electrons. The molecule has 2 fully saturated rings. The number of carbonyl (C=O) groups excluding carboxylic acids is 1. The number of likely N-dealkylation sites (tertiary alicyclic amines) is 1. The summed E-state index contributed by atoms with van der Waals surface area (Å²) in [6.45, 7) is 7.98. The fraction of sp³-hybridized carbons (Fsp3) is 0.545. The largest absolute Gasteiger partial charge is 0.388 e. The van der Waals surface area contributed by atoms with Gasteiger partial charge in [-0.2, -0.15) is 0 Å². The van der Waals surface area contributed by atoms with Crippen LogP contribution >= 0.6 is 0 Å². The Kier molecular flexibility index (Phi) is 5.99. The second-order valence-electron chi connectivity index (χ2n) is 8.20. The Balaban J connectivity index is 1.31. The van der Waals surface area contributed by atoms with E-state index in [1.54, 1.807) is 6.20 Å². The number of amides is 1. The Labute approximate surface area is 171 Å². The average molecular weight is 399 g/mol. The molecule has 0 unspecified atom stereocenters. The SMILES string of the molecule is Cc1nccn1CC1(O)CCN(C(=O)c2ccc(CN3CCOCC3)cc2)CC1. The fourth-order valence-corrected chi connectivity index (χ4v) is 4.12. The third-order valence-electron chi connectivity index (χ3n) is 6.08. The molecule has 1 N–H and O–H groups in total. The monoisotopic (exact) mass is 398 g/mol. The van der Waals surface area contributed by atoms with Crippen LogP contribution in [0.1, 0.15) is 34.6 Å². The van der Waals surface area contributed by atoms with Gasteiger partial charge in [-0.3, -0.25) is 9.69 Å². The molecular weight excluding hydrogens is 368 g/mol. The van der Waals surface area contributed by atoms with E-state index in [-0.39, 0.29) is 5.91 Å². The first kappa shape index (κ1) is 20.1. The molecule has 2 saturated heterocycles. The summed E-state index contributed by atoms with van der Waals surface area (Å²) in [5.74, 6) is 0.942. The maximum atomic E-state index is 12.9. The first-order valence-corrected chi connectivity index (χ1v) is 10.4. The molecule has 0 atom stereocenters. The molecule has 7 nitrogen and oxygen atoms in total. The number of hydrogen-bond acceptors (Lipinski definition) is 5. The van der Waals surface area contributed by atoms with Crippen LogP contribution in [-0.4, -0.2) is 75.4 Å². The lowest BCUT2D eigenvalue weighted by Crippen LogP contribution is -2.48. The van der Waals surface area contributed by atoms with Crippen molar-refractivity contribution in [2.24, 2.45) is 0 Å². The van der Waals surface area contributed by atoms with E-state index in [9.17, 15) is 9.90 Å². The van der Waals surface area contributed by atoms with E-state index in [1.807, 2.05) is 46.9 Å². The van der Waals surface area contributed by atoms with Gasteiger partial charge in [0, 0.05) is 50.7 Å². The van der Waals surface area contributed by atoms with Crippen molar-refractivity contribution in [3.63, 3.8) is 0 Å². The summed E-state index contributed by atoms with van der Waals surface area (Å²) >= 11 is 0. The summed E-state index contributed by atoms with van der Waals surface area (Å²) < 4.78 is 7.37. The molecule has 2 aliphatic rings. The number of hydrogen-bond donors (Lipinski definition) is 1. The normalized spacial score (nSPS) is 20.0. The number of nitrogens with zero attached hydrogens (tertiary/aromatic N) is 4. The molecule has 3 heterocycles. The number of benzene rings is 1. The van der Waals surface area contributed by atoms with Crippen LogP contribution in [0.25, 0.3) is 0 Å². The van der Waals surface area contributed by atoms with Crippen molar-refractivity contribution >= 4 is 5.91 Å². The Hall–Kier alpha value is -2.22. The topological polar surface area (TPSA) is 70.8 Å². The van der Waals surface area contributed by atoms with Gasteiger partial charge in [0.1, 0.15) is 5.82 Å². The van der Waals surface area contributed by atoms with Crippen molar-refractivity contribution in [2.75, 3.05) is 39.4 Å². The summed E-state index contributed by atoms with van der Waals surface area (Å²) in [6, 6.07) is 7.94. The number of morpholine rings is 1. The van der Waals surface area contributed by atoms with Crippen LogP contribution in [-0.2, 0) is 17.8 Å². The number of aromatic nitrogens is 2. The number of carbonyl (C=O) groups is 1. The summed E-state index contributed by atoms with van der Waals surface area (Å²) in [5.41, 5.74) is 1.14. The van der Waals surface area contributed by atoms with Gasteiger partial charge in [0.2, 0.25) is 0 Å². The van der Waals surface area contributed by atoms with Crippen molar-refractivity contribution in [1.82, 2.24) is 19.4 Å². The van der Waals surface area contributed by atoms with Crippen LogP contribution in [0.2, 0.25) is 0 Å². The Morgan fingerprint density at radius 1 is 1.14 bits per heavy atom. The number of ether oxygens (including phenoxy) is 1. The van der Waals surface area contributed by atoms with E-state index in [2.05, 4.69) is 9.88 Å². The minimum atomic E-state index is -0.787. The first-order valence-electron chi connectivity index (χ1n) is 10.4. The van der Waals surface area contributed by atoms with Gasteiger partial charge >= 0.3 is 0 Å². The molecule has 4 rings (SSSR count). The zero-order chi connectivity index (χ0) is 20.3. The van der Waals surface area contributed by atoms with Crippen LogP contribution in [0.15, 0.2) is 36.7 Å². The maximum Gasteiger partial charge on any atom is 0.253 e. The molecule has 1 aromatic carbocycles. The zero-order valence-electron chi connectivity index (χ0n) is 17.1. The van der Waals surface area contributed by atoms with Gasteiger partial charge in [0.15, 0.2) is 0 Å². The molecule has 1 aromatic heterocycles. The van der Waals surface area contributed by atoms with Crippen LogP contribution in [0.3, 0.4) is 0 Å². The predicted octanol–water partition coefficient (Wildman–Crippen LogP) is 1.69. The van der Waals surface area contributed by atoms with E-state index < -0.39 is 5.60 Å². The van der Waals surface area contributed by atoms with Gasteiger partial charge in [0.05, 0.1) is 25.4 Å². The molecule has 0 saturated carbocycles. The first-order chi connectivity index (χ1) is 14.0. The number of aliphatic hydroxyl groups is 1. The standard InChI is InChI=1S/C22H30N4O3/c1-18-23-8-11-26(18)17-22(28)6-9-25(10-7-22)21(27)20-4-2-19(3-5-20)16-24-12-14-29-15-13-24/h2-5,8,11,28H,6-7,9-10,12-17H2,1H3. The number of imidazole rings is 1. The summed E-state index contributed by atoms with van der Waals surface area (Å²) in [4.78, 5) is 21.3. The second-order valence-corrected chi connectivity index (χ2v) is 8.20. The number of rotatable bonds is 5. The van der Waals surface area contributed by atoms with E-state index in [4.69, 9.17) is 4.74 Å². The van der Waals surface area contributed by atoms with Gasteiger partial charge in [-0.15, -0.1) is 0 Å². The lowest BCUT2D eigenvalue weighted by Gasteiger charge is -2.38. The molecule has 0 spiro atoms. The van der Waals surface area contributed by atoms with Gasteiger partial charge in [-0.25, -0.2) is 4.98 Å². The van der Waals surface area contributed by atoms with Crippen LogP contribution in [0.4, 0.5) is 0 Å². The highest BCUT2D eigenvalue weighted by atomic mass is 16.5. The zero-order valence-corrected chi connectivity index (χ0v) is 17.1. The van der Waals surface area contributed by atoms with Gasteiger partial charge in [-0.1, -0.05) is 12.1 Å². The fourth-order valence-electron chi connectivity index (χ4n) is 4.12. The number of piperidine rings is 1. The summed E-state index contributed by atoms with van der Waals surface area (Å²) in [7, 11) is 0. The minimum absolute atomic E-state index is 0.0452. The predicted molar refractivity (Wildman–Crippen MR) is 110 cm³/mol. The van der Waals surface area contributed by atoms with Crippen molar-refractivity contribution in [1.29, 1.82) is 0 Å². The van der Waals surface area contributed by atoms with Gasteiger partial charge in [0.25, 0.3) is 5.91 Å². The molecule has 2 aromatic rings. The highest BCUT2D eigenvalue weighted by molar-refractivity contribution is 5.94. The van der Waals surface area contributed by atoms with Crippen molar-refractivity contribution in [3.8, 4) is 0 Å². The smallest absolute Gasteiger partial charge is 0.253 e. The van der Waals surface area contributed by atoms with E-state index in [1.165, 1.54) is 5.56 Å². The van der Waals surface area contributed by atoms with Crippen LogP contribution in [0, 0.1) is 6.92 Å². The van der Waals surface area contributed by atoms with Crippen LogP contribution in [0.5, 0.6) is 0 Å². The van der Waals surface area contributed by atoms with Crippen molar-refractivity contribution in [3.05, 3.63) is 53.6 Å². The van der Waals surface area contributed by atoms with E-state index in [0.717, 1.165) is 38.7 Å². The maximum absolute atomic E-state index is 12.9.